The van der Waals surface area contributed by atoms with Crippen LogP contribution >= 0.6 is 0 Å². The number of hydrogen-bond donors (Lipinski definition) is 0. The molecule has 0 amide bonds. The third kappa shape index (κ3) is 3.15. The number of ether oxygens (including phenoxy) is 1. The molecule has 1 atom stereocenters. The van der Waals surface area contributed by atoms with Gasteiger partial charge in [0.25, 0.3) is 0 Å². The van der Waals surface area contributed by atoms with E-state index in [9.17, 15) is 12.8 Å². The molecule has 2 aromatic rings. The first-order valence-electron chi connectivity index (χ1n) is 7.42. The van der Waals surface area contributed by atoms with E-state index in [1.807, 2.05) is 0 Å². The van der Waals surface area contributed by atoms with Crippen LogP contribution in [0, 0.1) is 12.7 Å². The van der Waals surface area contributed by atoms with E-state index in [1.165, 1.54) is 10.4 Å². The minimum atomic E-state index is -3.62. The lowest BCUT2D eigenvalue weighted by atomic mass is 10.1. The lowest BCUT2D eigenvalue weighted by Crippen LogP contribution is -2.42. The zero-order chi connectivity index (χ0) is 16.4. The molecule has 1 aliphatic rings. The van der Waals surface area contributed by atoms with Crippen LogP contribution in [-0.2, 0) is 14.8 Å². The van der Waals surface area contributed by atoms with Crippen molar-refractivity contribution >= 4 is 10.0 Å². The van der Waals surface area contributed by atoms with E-state index in [1.54, 1.807) is 49.4 Å². The van der Waals surface area contributed by atoms with Crippen LogP contribution in [0.2, 0.25) is 0 Å². The Hall–Kier alpha value is -1.76. The van der Waals surface area contributed by atoms with Gasteiger partial charge >= 0.3 is 0 Å². The smallest absolute Gasteiger partial charge is 0.243 e. The van der Waals surface area contributed by atoms with Crippen molar-refractivity contribution < 1.29 is 17.5 Å². The molecule has 1 unspecified atom stereocenters. The summed E-state index contributed by atoms with van der Waals surface area (Å²) in [5, 5.41) is 0. The van der Waals surface area contributed by atoms with Crippen molar-refractivity contribution in [1.82, 2.24) is 4.31 Å². The maximum Gasteiger partial charge on any atom is 0.243 e. The van der Waals surface area contributed by atoms with Crippen LogP contribution in [-0.4, -0.2) is 32.4 Å². The number of halogens is 1. The van der Waals surface area contributed by atoms with Crippen molar-refractivity contribution in [3.63, 3.8) is 0 Å². The Balaban J connectivity index is 1.90. The summed E-state index contributed by atoms with van der Waals surface area (Å²) in [4.78, 5) is 0.286. The number of nitrogens with zero attached hydrogens (tertiary/aromatic N) is 1. The molecule has 0 spiro atoms. The van der Waals surface area contributed by atoms with Gasteiger partial charge < -0.3 is 4.74 Å². The molecular formula is C17H18FNO3S. The van der Waals surface area contributed by atoms with E-state index < -0.39 is 16.1 Å². The van der Waals surface area contributed by atoms with Gasteiger partial charge in [-0.1, -0.05) is 36.4 Å². The highest BCUT2D eigenvalue weighted by molar-refractivity contribution is 7.89. The van der Waals surface area contributed by atoms with E-state index in [0.29, 0.717) is 11.1 Å². The van der Waals surface area contributed by atoms with Crippen molar-refractivity contribution in [2.24, 2.45) is 0 Å². The molecule has 1 aliphatic heterocycles. The van der Waals surface area contributed by atoms with Crippen LogP contribution in [0.5, 0.6) is 0 Å². The maximum atomic E-state index is 13.9. The second kappa shape index (κ2) is 6.39. The van der Waals surface area contributed by atoms with Gasteiger partial charge in [0.2, 0.25) is 10.0 Å². The Morgan fingerprint density at radius 3 is 2.57 bits per heavy atom. The molecule has 3 rings (SSSR count). The molecule has 0 bridgehead atoms. The standard InChI is InChI=1S/C17H18FNO3S/c1-13-6-2-5-9-17(13)23(20,21)19-10-11-22-16(12-19)14-7-3-4-8-15(14)18/h2-9,16H,10-12H2,1H3. The lowest BCUT2D eigenvalue weighted by Gasteiger charge is -2.32. The number of morpholine rings is 1. The fraction of sp³-hybridized carbons (Fsp3) is 0.294. The summed E-state index contributed by atoms with van der Waals surface area (Å²) >= 11 is 0. The highest BCUT2D eigenvalue weighted by Gasteiger charge is 2.33. The maximum absolute atomic E-state index is 13.9. The van der Waals surface area contributed by atoms with Crippen LogP contribution in [0.1, 0.15) is 17.2 Å². The second-order valence-electron chi connectivity index (χ2n) is 5.51. The normalized spacial score (nSPS) is 19.7. The molecule has 0 radical (unpaired) electrons. The quantitative estimate of drug-likeness (QED) is 0.866. The summed E-state index contributed by atoms with van der Waals surface area (Å²) in [6.45, 7) is 2.38. The highest BCUT2D eigenvalue weighted by atomic mass is 32.2. The molecule has 0 aromatic heterocycles. The average molecular weight is 335 g/mol. The van der Waals surface area contributed by atoms with Crippen molar-refractivity contribution in [3.8, 4) is 0 Å². The lowest BCUT2D eigenvalue weighted by molar-refractivity contribution is -0.00443. The molecule has 4 nitrogen and oxygen atoms in total. The van der Waals surface area contributed by atoms with E-state index in [0.717, 1.165) is 0 Å². The Kier molecular flexibility index (Phi) is 4.48. The van der Waals surface area contributed by atoms with Crippen LogP contribution in [0.3, 0.4) is 0 Å². The predicted octanol–water partition coefficient (Wildman–Crippen LogP) is 2.90. The molecule has 122 valence electrons. The fourth-order valence-corrected chi connectivity index (χ4v) is 4.40. The van der Waals surface area contributed by atoms with Gasteiger partial charge in [-0.3, -0.25) is 0 Å². The van der Waals surface area contributed by atoms with Gasteiger partial charge in [-0.05, 0) is 24.6 Å². The van der Waals surface area contributed by atoms with Gasteiger partial charge in [0.05, 0.1) is 17.6 Å². The van der Waals surface area contributed by atoms with E-state index in [2.05, 4.69) is 0 Å². The Morgan fingerprint density at radius 1 is 1.13 bits per heavy atom. The largest absolute Gasteiger partial charge is 0.371 e. The van der Waals surface area contributed by atoms with Crippen LogP contribution in [0.15, 0.2) is 53.4 Å². The predicted molar refractivity (Wildman–Crippen MR) is 85.0 cm³/mol. The van der Waals surface area contributed by atoms with Crippen molar-refractivity contribution in [3.05, 3.63) is 65.5 Å². The SMILES string of the molecule is Cc1ccccc1S(=O)(=O)N1CCOC(c2ccccc2F)C1. The van der Waals surface area contributed by atoms with Crippen molar-refractivity contribution in [1.29, 1.82) is 0 Å². The first-order valence-corrected chi connectivity index (χ1v) is 8.86. The Morgan fingerprint density at radius 2 is 1.83 bits per heavy atom. The summed E-state index contributed by atoms with van der Waals surface area (Å²) < 4.78 is 46.6. The monoisotopic (exact) mass is 335 g/mol. The first kappa shape index (κ1) is 16.1. The minimum absolute atomic E-state index is 0.109. The van der Waals surface area contributed by atoms with Gasteiger partial charge in [0, 0.05) is 18.7 Å². The molecule has 23 heavy (non-hydrogen) atoms. The molecule has 1 heterocycles. The molecule has 6 heteroatoms. The van der Waals surface area contributed by atoms with E-state index in [-0.39, 0.29) is 30.4 Å². The highest BCUT2D eigenvalue weighted by Crippen LogP contribution is 2.28. The first-order chi connectivity index (χ1) is 11.0. The molecule has 1 saturated heterocycles. The summed E-state index contributed by atoms with van der Waals surface area (Å²) in [7, 11) is -3.62. The number of rotatable bonds is 3. The minimum Gasteiger partial charge on any atom is -0.371 e. The summed E-state index contributed by atoms with van der Waals surface area (Å²) in [6.07, 6.45) is -0.594. The third-order valence-corrected chi connectivity index (χ3v) is 6.02. The average Bonchev–Trinajstić information content (AvgIpc) is 2.55. The number of aryl methyl sites for hydroxylation is 1. The Labute approximate surface area is 135 Å². The zero-order valence-corrected chi connectivity index (χ0v) is 13.6. The summed E-state index contributed by atoms with van der Waals surface area (Å²) in [5.74, 6) is -0.382. The zero-order valence-electron chi connectivity index (χ0n) is 12.8. The van der Waals surface area contributed by atoms with Gasteiger partial charge in [-0.2, -0.15) is 4.31 Å². The topological polar surface area (TPSA) is 46.6 Å². The van der Waals surface area contributed by atoms with Gasteiger partial charge in [0.1, 0.15) is 5.82 Å². The molecule has 1 fully saturated rings. The van der Waals surface area contributed by atoms with Gasteiger partial charge in [-0.25, -0.2) is 12.8 Å². The van der Waals surface area contributed by atoms with E-state index >= 15 is 0 Å². The summed E-state index contributed by atoms with van der Waals surface area (Å²) in [5.41, 5.74) is 1.08. The van der Waals surface area contributed by atoms with Gasteiger partial charge in [-0.15, -0.1) is 0 Å². The molecule has 0 N–H and O–H groups in total. The van der Waals surface area contributed by atoms with Gasteiger partial charge in [0.15, 0.2) is 0 Å². The second-order valence-corrected chi connectivity index (χ2v) is 7.42. The summed E-state index contributed by atoms with van der Waals surface area (Å²) in [6, 6.07) is 13.2. The molecular weight excluding hydrogens is 317 g/mol. The number of benzene rings is 2. The Bertz CT molecular complexity index is 807. The number of sulfonamides is 1. The van der Waals surface area contributed by atoms with Crippen LogP contribution < -0.4 is 0 Å². The fourth-order valence-electron chi connectivity index (χ4n) is 2.75. The van der Waals surface area contributed by atoms with Crippen molar-refractivity contribution in [2.45, 2.75) is 17.9 Å². The molecule has 2 aromatic carbocycles. The number of hydrogen-bond acceptors (Lipinski definition) is 3. The molecule has 0 saturated carbocycles. The molecule has 0 aliphatic carbocycles. The third-order valence-electron chi connectivity index (χ3n) is 3.99. The van der Waals surface area contributed by atoms with Crippen molar-refractivity contribution in [2.75, 3.05) is 19.7 Å². The van der Waals surface area contributed by atoms with E-state index in [4.69, 9.17) is 4.74 Å². The van der Waals surface area contributed by atoms with Crippen LogP contribution in [0.4, 0.5) is 4.39 Å². The van der Waals surface area contributed by atoms with Crippen LogP contribution in [0.25, 0.3) is 0 Å².